The van der Waals surface area contributed by atoms with Crippen molar-refractivity contribution in [3.05, 3.63) is 0 Å². The van der Waals surface area contributed by atoms with Gasteiger partial charge in [0.15, 0.2) is 0 Å². The quantitative estimate of drug-likeness (QED) is 0.574. The van der Waals surface area contributed by atoms with Crippen molar-refractivity contribution >= 4 is 5.97 Å². The largest absolute Gasteiger partial charge is 0.480 e. The zero-order valence-electron chi connectivity index (χ0n) is 7.23. The molecule has 3 aliphatic rings. The molecule has 0 aromatic heterocycles. The van der Waals surface area contributed by atoms with Crippen molar-refractivity contribution < 1.29 is 9.90 Å². The number of carboxylic acid groups (broad SMARTS) is 1. The minimum atomic E-state index is -0.675. The summed E-state index contributed by atoms with van der Waals surface area (Å²) in [6.45, 7) is 5.79. The summed E-state index contributed by atoms with van der Waals surface area (Å²) >= 11 is 0. The lowest BCUT2D eigenvalue weighted by Gasteiger charge is -2.49. The molecule has 2 unspecified atom stereocenters. The first kappa shape index (κ1) is 8.01. The standard InChI is InChI=1S/C8H14N2O2/c1-6-4-9-2-3-10(6)7(5-9)8(11)12/h6-7H,2-5H2,1H3,(H,11,12)/t6-,7+/m0/s1. The minimum Gasteiger partial charge on any atom is -0.480 e. The molecule has 0 spiro atoms. The number of carbonyl (C=O) groups is 1. The summed E-state index contributed by atoms with van der Waals surface area (Å²) in [6, 6.07) is 0.149. The third-order valence-corrected chi connectivity index (χ3v) is 2.88. The van der Waals surface area contributed by atoms with Crippen molar-refractivity contribution in [2.24, 2.45) is 0 Å². The van der Waals surface area contributed by atoms with E-state index in [2.05, 4.69) is 16.7 Å². The molecule has 0 amide bonds. The van der Waals surface area contributed by atoms with Crippen molar-refractivity contribution in [1.82, 2.24) is 9.80 Å². The third-order valence-electron chi connectivity index (χ3n) is 2.88. The number of aliphatic carboxylic acids is 1. The lowest BCUT2D eigenvalue weighted by atomic mass is 10.0. The molecule has 68 valence electrons. The molecule has 3 fully saturated rings. The molecule has 3 rings (SSSR count). The first-order valence-corrected chi connectivity index (χ1v) is 4.39. The summed E-state index contributed by atoms with van der Waals surface area (Å²) < 4.78 is 0. The normalized spacial score (nSPS) is 46.1. The van der Waals surface area contributed by atoms with Gasteiger partial charge in [-0.3, -0.25) is 14.6 Å². The Labute approximate surface area is 71.8 Å². The van der Waals surface area contributed by atoms with Gasteiger partial charge in [0.2, 0.25) is 0 Å². The molecule has 4 heteroatoms. The van der Waals surface area contributed by atoms with E-state index in [1.165, 1.54) is 0 Å². The maximum atomic E-state index is 10.8. The lowest BCUT2D eigenvalue weighted by Crippen LogP contribution is -2.66. The molecule has 2 bridgehead atoms. The molecule has 0 aromatic rings. The molecular formula is C8H14N2O2. The number of fused-ring (bicyclic) bond motifs is 3. The van der Waals surface area contributed by atoms with E-state index >= 15 is 0 Å². The maximum Gasteiger partial charge on any atom is 0.322 e. The second-order valence-corrected chi connectivity index (χ2v) is 3.70. The first-order chi connectivity index (χ1) is 5.68. The van der Waals surface area contributed by atoms with Crippen LogP contribution < -0.4 is 0 Å². The number of rotatable bonds is 1. The van der Waals surface area contributed by atoms with Crippen LogP contribution >= 0.6 is 0 Å². The van der Waals surface area contributed by atoms with Crippen LogP contribution in [0.2, 0.25) is 0 Å². The molecular weight excluding hydrogens is 156 g/mol. The highest BCUT2D eigenvalue weighted by atomic mass is 16.4. The average molecular weight is 170 g/mol. The Morgan fingerprint density at radius 3 is 2.58 bits per heavy atom. The van der Waals surface area contributed by atoms with E-state index in [0.29, 0.717) is 12.6 Å². The van der Waals surface area contributed by atoms with Gasteiger partial charge in [0.25, 0.3) is 0 Å². The van der Waals surface area contributed by atoms with Gasteiger partial charge < -0.3 is 5.11 Å². The van der Waals surface area contributed by atoms with Crippen molar-refractivity contribution in [3.63, 3.8) is 0 Å². The Morgan fingerprint density at radius 2 is 2.17 bits per heavy atom. The van der Waals surface area contributed by atoms with Crippen LogP contribution in [0, 0.1) is 0 Å². The topological polar surface area (TPSA) is 43.8 Å². The molecule has 0 radical (unpaired) electrons. The second-order valence-electron chi connectivity index (χ2n) is 3.70. The lowest BCUT2D eigenvalue weighted by molar-refractivity contribution is -0.151. The summed E-state index contributed by atoms with van der Waals surface area (Å²) in [5, 5.41) is 8.91. The molecule has 1 N–H and O–H groups in total. The zero-order chi connectivity index (χ0) is 8.72. The van der Waals surface area contributed by atoms with Gasteiger partial charge in [0, 0.05) is 32.2 Å². The van der Waals surface area contributed by atoms with Crippen LogP contribution in [0.4, 0.5) is 0 Å². The zero-order valence-corrected chi connectivity index (χ0v) is 7.23. The van der Waals surface area contributed by atoms with E-state index in [-0.39, 0.29) is 6.04 Å². The smallest absolute Gasteiger partial charge is 0.322 e. The van der Waals surface area contributed by atoms with E-state index in [1.54, 1.807) is 0 Å². The fourth-order valence-corrected chi connectivity index (χ4v) is 2.25. The van der Waals surface area contributed by atoms with Crippen LogP contribution in [0.5, 0.6) is 0 Å². The molecule has 0 aromatic carbocycles. The van der Waals surface area contributed by atoms with Crippen LogP contribution in [-0.2, 0) is 4.79 Å². The van der Waals surface area contributed by atoms with E-state index in [9.17, 15) is 4.79 Å². The Hall–Kier alpha value is -0.610. The Kier molecular flexibility index (Phi) is 1.81. The number of hydrogen-bond donors (Lipinski definition) is 1. The van der Waals surface area contributed by atoms with E-state index in [1.807, 2.05) is 0 Å². The van der Waals surface area contributed by atoms with Crippen molar-refractivity contribution in [3.8, 4) is 0 Å². The maximum absolute atomic E-state index is 10.8. The van der Waals surface area contributed by atoms with Crippen LogP contribution in [-0.4, -0.2) is 59.1 Å². The molecule has 0 saturated carbocycles. The van der Waals surface area contributed by atoms with Crippen molar-refractivity contribution in [2.75, 3.05) is 26.2 Å². The fourth-order valence-electron chi connectivity index (χ4n) is 2.25. The molecule has 0 aliphatic carbocycles. The summed E-state index contributed by atoms with van der Waals surface area (Å²) in [7, 11) is 0. The minimum absolute atomic E-state index is 0.262. The fraction of sp³-hybridized carbons (Fsp3) is 0.875. The summed E-state index contributed by atoms with van der Waals surface area (Å²) in [5.74, 6) is -0.675. The molecule has 3 saturated heterocycles. The van der Waals surface area contributed by atoms with Gasteiger partial charge in [-0.25, -0.2) is 0 Å². The monoisotopic (exact) mass is 170 g/mol. The van der Waals surface area contributed by atoms with Crippen molar-refractivity contribution in [1.29, 1.82) is 0 Å². The van der Waals surface area contributed by atoms with Crippen LogP contribution in [0.15, 0.2) is 0 Å². The summed E-state index contributed by atoms with van der Waals surface area (Å²) in [4.78, 5) is 15.2. The van der Waals surface area contributed by atoms with Gasteiger partial charge >= 0.3 is 5.97 Å². The SMILES string of the molecule is C[C@H]1CN2CCN1[C@@H](C(=O)O)C2. The molecule has 4 atom stereocenters. The van der Waals surface area contributed by atoms with Crippen LogP contribution in [0.25, 0.3) is 0 Å². The third kappa shape index (κ3) is 1.11. The molecule has 12 heavy (non-hydrogen) atoms. The summed E-state index contributed by atoms with van der Waals surface area (Å²) in [5.41, 5.74) is 0. The van der Waals surface area contributed by atoms with E-state index in [0.717, 1.165) is 19.6 Å². The second kappa shape index (κ2) is 2.71. The van der Waals surface area contributed by atoms with Gasteiger partial charge in [0.05, 0.1) is 0 Å². The van der Waals surface area contributed by atoms with Gasteiger partial charge in [-0.05, 0) is 6.92 Å². The van der Waals surface area contributed by atoms with E-state index < -0.39 is 5.97 Å². The Balaban J connectivity index is 2.14. The predicted octanol–water partition coefficient (Wildman–Crippen LogP) is -0.541. The molecule has 4 nitrogen and oxygen atoms in total. The van der Waals surface area contributed by atoms with Crippen LogP contribution in [0.1, 0.15) is 6.92 Å². The Morgan fingerprint density at radius 1 is 1.42 bits per heavy atom. The molecule has 3 heterocycles. The number of carboxylic acids is 1. The van der Waals surface area contributed by atoms with Gasteiger partial charge in [-0.15, -0.1) is 0 Å². The van der Waals surface area contributed by atoms with Gasteiger partial charge in [0.1, 0.15) is 6.04 Å². The number of piperazine rings is 3. The highest BCUT2D eigenvalue weighted by Gasteiger charge is 2.40. The van der Waals surface area contributed by atoms with E-state index in [4.69, 9.17) is 5.11 Å². The average Bonchev–Trinajstić information content (AvgIpc) is 2.04. The van der Waals surface area contributed by atoms with Crippen LogP contribution in [0.3, 0.4) is 0 Å². The predicted molar refractivity (Wildman–Crippen MR) is 44.0 cm³/mol. The highest BCUT2D eigenvalue weighted by Crippen LogP contribution is 2.20. The molecule has 3 aliphatic heterocycles. The van der Waals surface area contributed by atoms with Gasteiger partial charge in [-0.1, -0.05) is 0 Å². The Bertz CT molecular complexity index is 207. The number of hydrogen-bond acceptors (Lipinski definition) is 3. The van der Waals surface area contributed by atoms with Crippen molar-refractivity contribution in [2.45, 2.75) is 19.0 Å². The van der Waals surface area contributed by atoms with Gasteiger partial charge in [-0.2, -0.15) is 0 Å². The first-order valence-electron chi connectivity index (χ1n) is 4.39. The summed E-state index contributed by atoms with van der Waals surface area (Å²) in [6.07, 6.45) is 0. The highest BCUT2D eigenvalue weighted by molar-refractivity contribution is 5.74. The number of nitrogens with zero attached hydrogens (tertiary/aromatic N) is 2.